The van der Waals surface area contributed by atoms with Crippen LogP contribution < -0.4 is 16.3 Å². The number of aliphatic hydroxyl groups is 1. The molecular weight excluding hydrogens is 388 g/mol. The molecule has 0 amide bonds. The van der Waals surface area contributed by atoms with Gasteiger partial charge in [0.1, 0.15) is 0 Å². The van der Waals surface area contributed by atoms with Crippen molar-refractivity contribution in [3.8, 4) is 0 Å². The lowest BCUT2D eigenvalue weighted by atomic mass is 10.1. The van der Waals surface area contributed by atoms with Crippen molar-refractivity contribution in [1.82, 2.24) is 4.73 Å². The first-order chi connectivity index (χ1) is 15.1. The molecule has 5 heteroatoms. The molecule has 1 aliphatic heterocycles. The number of allylic oxidation sites excluding steroid dienone is 2. The largest absolute Gasteiger partial charge is 0.423 e. The molecule has 2 aromatic carbocycles. The third kappa shape index (κ3) is 5.01. The van der Waals surface area contributed by atoms with E-state index in [1.165, 1.54) is 0 Å². The number of rotatable bonds is 7. The number of benzene rings is 2. The molecule has 0 saturated carbocycles. The zero-order valence-corrected chi connectivity index (χ0v) is 17.4. The summed E-state index contributed by atoms with van der Waals surface area (Å²) in [6.45, 7) is 0.133. The van der Waals surface area contributed by atoms with Crippen LogP contribution in [0, 0.1) is 0 Å². The molecule has 0 radical (unpaired) electrons. The molecule has 5 nitrogen and oxygen atoms in total. The summed E-state index contributed by atoms with van der Waals surface area (Å²) in [5.41, 5.74) is 4.60. The van der Waals surface area contributed by atoms with E-state index in [0.717, 1.165) is 34.0 Å². The number of fused-ring (bicyclic) bond motifs is 1. The zero-order valence-electron chi connectivity index (χ0n) is 17.4. The minimum absolute atomic E-state index is 0.133. The molecule has 2 heterocycles. The minimum Gasteiger partial charge on any atom is -0.423 e. The van der Waals surface area contributed by atoms with Crippen LogP contribution in [0.25, 0.3) is 6.08 Å². The van der Waals surface area contributed by atoms with Crippen molar-refractivity contribution in [2.45, 2.75) is 32.1 Å². The normalized spacial score (nSPS) is 12.9. The molecule has 0 saturated heterocycles. The average Bonchev–Trinajstić information content (AvgIpc) is 2.99. The van der Waals surface area contributed by atoms with E-state index in [1.807, 2.05) is 72.8 Å². The Bertz CT molecular complexity index is 1260. The third-order valence-electron chi connectivity index (χ3n) is 5.53. The molecular formula is C26H26N2O3. The van der Waals surface area contributed by atoms with Crippen LogP contribution in [-0.2, 0) is 25.7 Å². The van der Waals surface area contributed by atoms with E-state index in [2.05, 4.69) is 4.99 Å². The molecule has 0 atom stereocenters. The Hall–Kier alpha value is -3.44. The maximum Gasteiger partial charge on any atom is 0.288 e. The molecule has 1 aromatic heterocycles. The molecule has 2 N–H and O–H groups in total. The molecule has 0 unspecified atom stereocenters. The van der Waals surface area contributed by atoms with Crippen LogP contribution in [0.2, 0.25) is 0 Å². The highest BCUT2D eigenvalue weighted by Gasteiger charge is 2.10. The Labute approximate surface area is 180 Å². The predicted octanol–water partition coefficient (Wildman–Crippen LogP) is 2.34. The van der Waals surface area contributed by atoms with E-state index in [-0.39, 0.29) is 12.1 Å². The highest BCUT2D eigenvalue weighted by molar-refractivity contribution is 5.33. The number of aromatic nitrogens is 1. The van der Waals surface area contributed by atoms with Crippen molar-refractivity contribution >= 4 is 6.08 Å². The van der Waals surface area contributed by atoms with Gasteiger partial charge in [0.05, 0.1) is 0 Å². The summed E-state index contributed by atoms with van der Waals surface area (Å²) in [4.78, 5) is 17.4. The predicted molar refractivity (Wildman–Crippen MR) is 121 cm³/mol. The van der Waals surface area contributed by atoms with Gasteiger partial charge in [0.25, 0.3) is 5.56 Å². The standard InChI is InChI=1S/C26H26N2O3/c29-16-15-20-9-11-21(12-10-20)17-24-8-4-7-22-18-23(26(30)28(31)25(22)27-24)14-13-19-5-2-1-3-6-19/h1-3,5-12,18,29,31H,4,13-17H2. The second-order valence-corrected chi connectivity index (χ2v) is 7.77. The highest BCUT2D eigenvalue weighted by Crippen LogP contribution is 2.13. The number of aliphatic hydroxyl groups excluding tert-OH is 1. The maximum atomic E-state index is 12.7. The van der Waals surface area contributed by atoms with Gasteiger partial charge >= 0.3 is 0 Å². The molecule has 0 spiro atoms. The molecule has 0 aliphatic carbocycles. The summed E-state index contributed by atoms with van der Waals surface area (Å²) < 4.78 is 0.690. The van der Waals surface area contributed by atoms with Gasteiger partial charge in [-0.1, -0.05) is 66.7 Å². The highest BCUT2D eigenvalue weighted by atomic mass is 16.5. The van der Waals surface area contributed by atoms with Crippen LogP contribution in [-0.4, -0.2) is 21.7 Å². The summed E-state index contributed by atoms with van der Waals surface area (Å²) in [5.74, 6) is 0. The summed E-state index contributed by atoms with van der Waals surface area (Å²) in [7, 11) is 0. The Morgan fingerprint density at radius 1 is 0.871 bits per heavy atom. The minimum atomic E-state index is -0.415. The zero-order chi connectivity index (χ0) is 21.6. The van der Waals surface area contributed by atoms with Crippen LogP contribution in [0.15, 0.2) is 82.2 Å². The Morgan fingerprint density at radius 2 is 1.58 bits per heavy atom. The van der Waals surface area contributed by atoms with Crippen LogP contribution in [0.1, 0.15) is 28.7 Å². The molecule has 0 fully saturated rings. The first kappa shape index (κ1) is 20.8. The monoisotopic (exact) mass is 414 g/mol. The van der Waals surface area contributed by atoms with Crippen molar-refractivity contribution in [3.05, 3.63) is 116 Å². The van der Waals surface area contributed by atoms with Crippen LogP contribution >= 0.6 is 0 Å². The van der Waals surface area contributed by atoms with Crippen molar-refractivity contribution in [2.24, 2.45) is 4.99 Å². The lowest BCUT2D eigenvalue weighted by Crippen LogP contribution is -2.44. The van der Waals surface area contributed by atoms with Gasteiger partial charge in [-0.25, -0.2) is 4.99 Å². The summed E-state index contributed by atoms with van der Waals surface area (Å²) >= 11 is 0. The maximum absolute atomic E-state index is 12.7. The fourth-order valence-corrected chi connectivity index (χ4v) is 3.81. The van der Waals surface area contributed by atoms with Crippen molar-refractivity contribution in [3.63, 3.8) is 0 Å². The molecule has 0 bridgehead atoms. The molecule has 3 aromatic rings. The van der Waals surface area contributed by atoms with E-state index in [4.69, 9.17) is 5.11 Å². The summed E-state index contributed by atoms with van der Waals surface area (Å²) in [6.07, 6.45) is 7.25. The fraction of sp³-hybridized carbons (Fsp3) is 0.231. The molecule has 158 valence electrons. The number of pyridine rings is 1. The lowest BCUT2D eigenvalue weighted by molar-refractivity contribution is 0.160. The van der Waals surface area contributed by atoms with Gasteiger partial charge in [-0.3, -0.25) is 4.79 Å². The average molecular weight is 415 g/mol. The van der Waals surface area contributed by atoms with Crippen molar-refractivity contribution in [2.75, 3.05) is 6.61 Å². The second-order valence-electron chi connectivity index (χ2n) is 7.77. The Balaban J connectivity index is 1.59. The van der Waals surface area contributed by atoms with Gasteiger partial charge in [0.15, 0.2) is 5.49 Å². The number of nitrogens with zero attached hydrogens (tertiary/aromatic N) is 2. The topological polar surface area (TPSA) is 74.8 Å². The van der Waals surface area contributed by atoms with E-state index in [0.29, 0.717) is 36.0 Å². The van der Waals surface area contributed by atoms with E-state index >= 15 is 0 Å². The van der Waals surface area contributed by atoms with Crippen LogP contribution in [0.3, 0.4) is 0 Å². The second kappa shape index (κ2) is 9.58. The third-order valence-corrected chi connectivity index (χ3v) is 5.53. The van der Waals surface area contributed by atoms with Gasteiger partial charge < -0.3 is 10.3 Å². The van der Waals surface area contributed by atoms with Gasteiger partial charge in [-0.05, 0) is 48.4 Å². The molecule has 4 rings (SSSR count). The molecule has 1 aliphatic rings. The summed E-state index contributed by atoms with van der Waals surface area (Å²) in [6, 6.07) is 19.9. The number of aryl methyl sites for hydroxylation is 2. The first-order valence-electron chi connectivity index (χ1n) is 10.6. The van der Waals surface area contributed by atoms with Gasteiger partial charge in [-0.15, -0.1) is 4.73 Å². The van der Waals surface area contributed by atoms with Crippen LogP contribution in [0.4, 0.5) is 0 Å². The Kier molecular flexibility index (Phi) is 6.43. The SMILES string of the molecule is O=c1c(CCc2ccccc2)cc2c(n1O)=NC(Cc1ccc(CCO)cc1)=CCC=2. The van der Waals surface area contributed by atoms with E-state index in [9.17, 15) is 10.0 Å². The van der Waals surface area contributed by atoms with Gasteiger partial charge in [0, 0.05) is 29.5 Å². The van der Waals surface area contributed by atoms with Crippen molar-refractivity contribution < 1.29 is 10.3 Å². The lowest BCUT2D eigenvalue weighted by Gasteiger charge is -2.06. The smallest absolute Gasteiger partial charge is 0.288 e. The quantitative estimate of drug-likeness (QED) is 0.583. The van der Waals surface area contributed by atoms with Gasteiger partial charge in [-0.2, -0.15) is 0 Å². The van der Waals surface area contributed by atoms with Gasteiger partial charge in [0.2, 0.25) is 0 Å². The first-order valence-corrected chi connectivity index (χ1v) is 10.6. The summed E-state index contributed by atoms with van der Waals surface area (Å²) in [5, 5.41) is 20.4. The number of hydrogen-bond acceptors (Lipinski definition) is 4. The number of hydrogen-bond donors (Lipinski definition) is 2. The molecule has 31 heavy (non-hydrogen) atoms. The Morgan fingerprint density at radius 3 is 2.32 bits per heavy atom. The van der Waals surface area contributed by atoms with E-state index in [1.54, 1.807) is 0 Å². The van der Waals surface area contributed by atoms with Crippen molar-refractivity contribution in [1.29, 1.82) is 0 Å². The van der Waals surface area contributed by atoms with Crippen LogP contribution in [0.5, 0.6) is 0 Å². The van der Waals surface area contributed by atoms with E-state index < -0.39 is 5.56 Å². The fourth-order valence-electron chi connectivity index (χ4n) is 3.81.